The van der Waals surface area contributed by atoms with Crippen LogP contribution in [0.25, 0.3) is 11.1 Å². The molecule has 2 aromatic rings. The van der Waals surface area contributed by atoms with Gasteiger partial charge in [0.15, 0.2) is 8.32 Å². The Labute approximate surface area is 355 Å². The van der Waals surface area contributed by atoms with Gasteiger partial charge in [-0.3, -0.25) is 4.90 Å². The normalized spacial score (nSPS) is 16.7. The third-order valence-electron chi connectivity index (χ3n) is 12.5. The average molecular weight is 836 g/mol. The minimum atomic E-state index is -2.19. The second-order valence-corrected chi connectivity index (χ2v) is 22.2. The molecule has 7 atom stereocenters. The number of rotatable bonds is 21. The highest BCUT2D eigenvalue weighted by Crippen LogP contribution is 2.44. The Morgan fingerprint density at radius 3 is 1.80 bits per heavy atom. The van der Waals surface area contributed by atoms with E-state index >= 15 is 0 Å². The van der Waals surface area contributed by atoms with E-state index < -0.39 is 56.2 Å². The molecular weight excluding hydrogens is 763 g/mol. The third kappa shape index (κ3) is 12.8. The van der Waals surface area contributed by atoms with Crippen molar-refractivity contribution in [2.75, 3.05) is 13.7 Å². The Balaban J connectivity index is 1.81. The van der Waals surface area contributed by atoms with Gasteiger partial charge < -0.3 is 23.4 Å². The van der Waals surface area contributed by atoms with E-state index in [2.05, 4.69) is 58.9 Å². The Hall–Kier alpha value is -3.96. The summed E-state index contributed by atoms with van der Waals surface area (Å²) in [5, 5.41) is 0. The van der Waals surface area contributed by atoms with Crippen molar-refractivity contribution in [3.05, 3.63) is 71.3 Å². The lowest BCUT2D eigenvalue weighted by Gasteiger charge is -2.40. The van der Waals surface area contributed by atoms with Crippen molar-refractivity contribution in [3.63, 3.8) is 0 Å². The third-order valence-corrected chi connectivity index (χ3v) is 17.1. The molecule has 0 unspecified atom stereocenters. The first-order chi connectivity index (χ1) is 27.8. The summed E-state index contributed by atoms with van der Waals surface area (Å²) in [6.07, 6.45) is 0.979. The van der Waals surface area contributed by atoms with Crippen LogP contribution in [-0.4, -0.2) is 80.8 Å². The second kappa shape index (κ2) is 22.0. The summed E-state index contributed by atoms with van der Waals surface area (Å²) in [6, 6.07) is 18.1. The van der Waals surface area contributed by atoms with Gasteiger partial charge in [0.25, 0.3) is 0 Å². The summed E-state index contributed by atoms with van der Waals surface area (Å²) >= 11 is 0. The maximum atomic E-state index is 14.0. The number of ether oxygens (including phenoxy) is 4. The van der Waals surface area contributed by atoms with E-state index in [4.69, 9.17) is 23.4 Å². The van der Waals surface area contributed by atoms with Crippen LogP contribution < -0.4 is 0 Å². The van der Waals surface area contributed by atoms with Crippen LogP contribution in [0.4, 0.5) is 4.79 Å². The second-order valence-electron chi connectivity index (χ2n) is 17.5. The average Bonchev–Trinajstić information content (AvgIpc) is 3.55. The van der Waals surface area contributed by atoms with Gasteiger partial charge >= 0.3 is 24.0 Å². The lowest BCUT2D eigenvalue weighted by molar-refractivity contribution is -0.177. The van der Waals surface area contributed by atoms with E-state index in [1.165, 1.54) is 4.90 Å². The maximum absolute atomic E-state index is 14.0. The minimum absolute atomic E-state index is 0.0342. The molecule has 0 aromatic heterocycles. The van der Waals surface area contributed by atoms with Crippen molar-refractivity contribution in [2.24, 2.45) is 17.8 Å². The van der Waals surface area contributed by atoms with E-state index in [1.54, 1.807) is 41.7 Å². The Bertz CT molecular complexity index is 1690. The summed E-state index contributed by atoms with van der Waals surface area (Å²) in [5.74, 6) is -2.34. The summed E-state index contributed by atoms with van der Waals surface area (Å²) in [7, 11) is -0.634. The number of likely N-dealkylation sites (N-methyl/N-ethyl adjacent to an activating group) is 1. The van der Waals surface area contributed by atoms with Crippen molar-refractivity contribution in [3.8, 4) is 11.1 Å². The van der Waals surface area contributed by atoms with Gasteiger partial charge in [-0.2, -0.15) is 0 Å². The summed E-state index contributed by atoms with van der Waals surface area (Å²) in [6.45, 7) is 25.3. The van der Waals surface area contributed by atoms with E-state index in [0.29, 0.717) is 18.4 Å². The molecule has 0 N–H and O–H groups in total. The Morgan fingerprint density at radius 2 is 1.31 bits per heavy atom. The number of amides is 1. The molecule has 0 saturated carbocycles. The molecule has 0 heterocycles. The highest BCUT2D eigenvalue weighted by molar-refractivity contribution is 6.73. The maximum Gasteiger partial charge on any atom is 0.410 e. The molecule has 0 fully saturated rings. The quantitative estimate of drug-likeness (QED) is 0.0524. The molecule has 1 aliphatic rings. The largest absolute Gasteiger partial charge is 0.460 e. The Morgan fingerprint density at radius 1 is 0.780 bits per heavy atom. The highest BCUT2D eigenvalue weighted by atomic mass is 28.4. The zero-order valence-electron chi connectivity index (χ0n) is 38.4. The molecule has 328 valence electrons. The number of fused-ring (bicyclic) bond motifs is 3. The standard InChI is InChI=1S/C48H73NO9Si/c1-15-31(6)42(55-45(51)35(10)49(14)47(53)54-30-40-38-26-22-20-24-36(38)37-25-21-23-27-39(37)40)34(9)41(58-59(17-3,18-4)19-5)29-28-33(8)44(50)56-43(32(7)16-2)46(52)57-48(11,12)13/h20-28,31-32,34-35,40-43H,15-19,29-30H2,1-14H3/b33-28+/t31-,32-,34-,35-,41-,42+,43+/m0/s1. The molecule has 2 aromatic carbocycles. The van der Waals surface area contributed by atoms with Crippen LogP contribution in [0.1, 0.15) is 126 Å². The smallest absolute Gasteiger partial charge is 0.410 e. The zero-order chi connectivity index (χ0) is 44.2. The molecule has 1 amide bonds. The first-order valence-electron chi connectivity index (χ1n) is 21.8. The fraction of sp³-hybridized carbons (Fsp3) is 0.625. The van der Waals surface area contributed by atoms with E-state index in [1.807, 2.05) is 51.1 Å². The number of carbonyl (C=O) groups excluding carboxylic acids is 4. The van der Waals surface area contributed by atoms with Gasteiger partial charge in [-0.1, -0.05) is 116 Å². The SMILES string of the molecule is CC[C@H](C)[C@@H](OC(=O)[C@H](C)N(C)C(=O)OCC1c2ccccc2-c2ccccc21)[C@@H](C)[C@H](C/C=C(\C)C(=O)O[C@@H](C(=O)OC(C)(C)C)[C@@H](C)CC)O[Si](CC)(CC)CC. The first-order valence-corrected chi connectivity index (χ1v) is 24.4. The van der Waals surface area contributed by atoms with Gasteiger partial charge in [-0.15, -0.1) is 0 Å². The predicted octanol–water partition coefficient (Wildman–Crippen LogP) is 10.9. The first kappa shape index (κ1) is 49.4. The molecular formula is C48H73NO9Si. The molecule has 0 saturated heterocycles. The van der Waals surface area contributed by atoms with Crippen LogP contribution in [0.3, 0.4) is 0 Å². The molecule has 59 heavy (non-hydrogen) atoms. The van der Waals surface area contributed by atoms with Crippen LogP contribution in [0, 0.1) is 17.8 Å². The number of benzene rings is 2. The van der Waals surface area contributed by atoms with Crippen molar-refractivity contribution in [1.82, 2.24) is 4.90 Å². The van der Waals surface area contributed by atoms with Gasteiger partial charge in [0, 0.05) is 30.4 Å². The lowest BCUT2D eigenvalue weighted by Crippen LogP contribution is -2.48. The molecule has 0 bridgehead atoms. The fourth-order valence-corrected chi connectivity index (χ4v) is 10.6. The van der Waals surface area contributed by atoms with Gasteiger partial charge in [0.1, 0.15) is 24.4 Å². The van der Waals surface area contributed by atoms with Gasteiger partial charge in [-0.05, 0) is 93.8 Å². The van der Waals surface area contributed by atoms with Crippen LogP contribution in [-0.2, 0) is 37.8 Å². The van der Waals surface area contributed by atoms with E-state index in [-0.39, 0.29) is 36.4 Å². The number of hydrogen-bond donors (Lipinski definition) is 0. The molecule has 11 heteroatoms. The number of carbonyl (C=O) groups is 4. The summed E-state index contributed by atoms with van der Waals surface area (Å²) in [4.78, 5) is 55.3. The van der Waals surface area contributed by atoms with Crippen LogP contribution in [0.2, 0.25) is 18.1 Å². The molecule has 3 rings (SSSR count). The predicted molar refractivity (Wildman–Crippen MR) is 236 cm³/mol. The molecule has 0 spiro atoms. The highest BCUT2D eigenvalue weighted by Gasteiger charge is 2.40. The van der Waals surface area contributed by atoms with E-state index in [0.717, 1.165) is 46.8 Å². The van der Waals surface area contributed by atoms with Crippen molar-refractivity contribution >= 4 is 32.3 Å². The zero-order valence-corrected chi connectivity index (χ0v) is 39.4. The molecule has 0 aliphatic heterocycles. The number of hydrogen-bond acceptors (Lipinski definition) is 9. The van der Waals surface area contributed by atoms with E-state index in [9.17, 15) is 19.2 Å². The van der Waals surface area contributed by atoms with Crippen molar-refractivity contribution in [1.29, 1.82) is 0 Å². The van der Waals surface area contributed by atoms with Crippen LogP contribution in [0.5, 0.6) is 0 Å². The van der Waals surface area contributed by atoms with Gasteiger partial charge in [-0.25, -0.2) is 19.2 Å². The minimum Gasteiger partial charge on any atom is -0.460 e. The molecule has 10 nitrogen and oxygen atoms in total. The van der Waals surface area contributed by atoms with Crippen LogP contribution >= 0.6 is 0 Å². The van der Waals surface area contributed by atoms with Gasteiger partial charge in [0.05, 0.1) is 6.10 Å². The van der Waals surface area contributed by atoms with Crippen LogP contribution in [0.15, 0.2) is 60.2 Å². The summed E-state index contributed by atoms with van der Waals surface area (Å²) < 4.78 is 30.8. The topological polar surface area (TPSA) is 118 Å². The van der Waals surface area contributed by atoms with Gasteiger partial charge in [0.2, 0.25) is 6.10 Å². The fourth-order valence-electron chi connectivity index (χ4n) is 7.68. The lowest BCUT2D eigenvalue weighted by atomic mass is 9.86. The number of nitrogens with zero attached hydrogens (tertiary/aromatic N) is 1. The molecule has 0 radical (unpaired) electrons. The monoisotopic (exact) mass is 836 g/mol. The Kier molecular flexibility index (Phi) is 18.5. The molecule has 1 aliphatic carbocycles. The van der Waals surface area contributed by atoms with Crippen molar-refractivity contribution in [2.45, 2.75) is 163 Å². The van der Waals surface area contributed by atoms with Crippen molar-refractivity contribution < 1.29 is 42.6 Å². The number of esters is 3. The summed E-state index contributed by atoms with van der Waals surface area (Å²) in [5.41, 5.74) is 4.12.